The number of anilines is 1. The smallest absolute Gasteiger partial charge is 0.277 e. The van der Waals surface area contributed by atoms with Crippen molar-refractivity contribution in [2.75, 3.05) is 12.4 Å². The van der Waals surface area contributed by atoms with E-state index in [9.17, 15) is 4.79 Å². The molecule has 0 bridgehead atoms. The number of nitrogens with two attached hydrogens (primary N) is 1. The molecule has 0 saturated carbocycles. The van der Waals surface area contributed by atoms with Gasteiger partial charge >= 0.3 is 0 Å². The van der Waals surface area contributed by atoms with E-state index in [4.69, 9.17) is 14.9 Å². The van der Waals surface area contributed by atoms with E-state index in [1.165, 1.54) is 6.26 Å². The molecule has 3 N–H and O–H groups in total. The lowest BCUT2D eigenvalue weighted by atomic mass is 10.2. The zero-order chi connectivity index (χ0) is 14.5. The summed E-state index contributed by atoms with van der Waals surface area (Å²) in [6.45, 7) is 1.92. The summed E-state index contributed by atoms with van der Waals surface area (Å²) in [6.07, 6.45) is 1.99. The summed E-state index contributed by atoms with van der Waals surface area (Å²) in [4.78, 5) is 16.2. The maximum atomic E-state index is 12.1. The van der Waals surface area contributed by atoms with Crippen LogP contribution in [0.3, 0.4) is 0 Å². The summed E-state index contributed by atoms with van der Waals surface area (Å²) in [6, 6.07) is 6.83. The van der Waals surface area contributed by atoms with E-state index < -0.39 is 0 Å². The molecule has 0 aliphatic heterocycles. The molecule has 20 heavy (non-hydrogen) atoms. The van der Waals surface area contributed by atoms with E-state index in [0.29, 0.717) is 23.7 Å². The van der Waals surface area contributed by atoms with Gasteiger partial charge in [-0.25, -0.2) is 4.98 Å². The molecule has 0 fully saturated rings. The van der Waals surface area contributed by atoms with Crippen LogP contribution in [-0.2, 0) is 0 Å². The summed E-state index contributed by atoms with van der Waals surface area (Å²) < 4.78 is 10.4. The van der Waals surface area contributed by atoms with Crippen LogP contribution in [0.4, 0.5) is 5.69 Å². The van der Waals surface area contributed by atoms with Crippen molar-refractivity contribution >= 4 is 11.6 Å². The van der Waals surface area contributed by atoms with E-state index in [2.05, 4.69) is 10.3 Å². The Morgan fingerprint density at radius 2 is 2.25 bits per heavy atom. The largest absolute Gasteiger partial charge is 0.495 e. The Kier molecular flexibility index (Phi) is 4.37. The van der Waals surface area contributed by atoms with Crippen molar-refractivity contribution < 1.29 is 13.9 Å². The van der Waals surface area contributed by atoms with Gasteiger partial charge in [0, 0.05) is 0 Å². The number of nitrogens with one attached hydrogen (secondary N) is 1. The summed E-state index contributed by atoms with van der Waals surface area (Å²) in [5.41, 5.74) is 6.56. The van der Waals surface area contributed by atoms with Gasteiger partial charge in [-0.1, -0.05) is 19.1 Å². The number of oxazole rings is 1. The van der Waals surface area contributed by atoms with E-state index in [0.717, 1.165) is 0 Å². The third-order valence-corrected chi connectivity index (χ3v) is 2.87. The summed E-state index contributed by atoms with van der Waals surface area (Å²) in [5.74, 6) is 0.570. The molecule has 1 atom stereocenters. The van der Waals surface area contributed by atoms with Crippen LogP contribution < -0.4 is 15.8 Å². The van der Waals surface area contributed by atoms with Gasteiger partial charge in [-0.05, 0) is 18.6 Å². The number of ether oxygens (including phenoxy) is 1. The van der Waals surface area contributed by atoms with Crippen LogP contribution >= 0.6 is 0 Å². The lowest BCUT2D eigenvalue weighted by Crippen LogP contribution is -2.14. The molecule has 6 nitrogen and oxygen atoms in total. The van der Waals surface area contributed by atoms with Crippen molar-refractivity contribution in [3.8, 4) is 5.75 Å². The summed E-state index contributed by atoms with van der Waals surface area (Å²) in [7, 11) is 1.54. The third-order valence-electron chi connectivity index (χ3n) is 2.87. The molecule has 0 aliphatic carbocycles. The van der Waals surface area contributed by atoms with Crippen LogP contribution in [0.5, 0.6) is 5.75 Å². The summed E-state index contributed by atoms with van der Waals surface area (Å²) in [5, 5.41) is 2.72. The first-order valence-electron chi connectivity index (χ1n) is 6.31. The maximum absolute atomic E-state index is 12.1. The second kappa shape index (κ2) is 6.21. The average molecular weight is 275 g/mol. The van der Waals surface area contributed by atoms with Crippen molar-refractivity contribution in [2.45, 2.75) is 19.4 Å². The van der Waals surface area contributed by atoms with Gasteiger partial charge in [-0.2, -0.15) is 0 Å². The number of amides is 1. The quantitative estimate of drug-likeness (QED) is 0.874. The molecule has 1 unspecified atom stereocenters. The first kappa shape index (κ1) is 14.1. The number of rotatable bonds is 5. The van der Waals surface area contributed by atoms with Crippen LogP contribution in [0.25, 0.3) is 0 Å². The highest BCUT2D eigenvalue weighted by Crippen LogP contribution is 2.23. The first-order valence-corrected chi connectivity index (χ1v) is 6.31. The standard InChI is InChI=1S/C14H17N3O3/c1-3-9(15)14-17-11(8-20-14)13(18)16-10-6-4-5-7-12(10)19-2/h4-9H,3,15H2,1-2H3,(H,16,18). The number of nitrogens with zero attached hydrogens (tertiary/aromatic N) is 1. The minimum Gasteiger partial charge on any atom is -0.495 e. The first-order chi connectivity index (χ1) is 9.65. The van der Waals surface area contributed by atoms with Crippen LogP contribution in [0.15, 0.2) is 34.9 Å². The molecule has 1 heterocycles. The molecular weight excluding hydrogens is 258 g/mol. The molecule has 0 aliphatic rings. The fourth-order valence-corrected chi connectivity index (χ4v) is 1.67. The van der Waals surface area contributed by atoms with Gasteiger partial charge in [0.2, 0.25) is 5.89 Å². The molecule has 2 rings (SSSR count). The predicted molar refractivity (Wildman–Crippen MR) is 74.7 cm³/mol. The highest BCUT2D eigenvalue weighted by molar-refractivity contribution is 6.03. The van der Waals surface area contributed by atoms with Gasteiger partial charge in [-0.3, -0.25) is 4.79 Å². The number of hydrogen-bond acceptors (Lipinski definition) is 5. The van der Waals surface area contributed by atoms with Crippen molar-refractivity contribution in [3.05, 3.63) is 42.1 Å². The Morgan fingerprint density at radius 1 is 1.50 bits per heavy atom. The monoisotopic (exact) mass is 275 g/mol. The van der Waals surface area contributed by atoms with Crippen molar-refractivity contribution in [3.63, 3.8) is 0 Å². The fraction of sp³-hybridized carbons (Fsp3) is 0.286. The van der Waals surface area contributed by atoms with Gasteiger partial charge in [0.1, 0.15) is 12.0 Å². The van der Waals surface area contributed by atoms with E-state index in [-0.39, 0.29) is 17.6 Å². The van der Waals surface area contributed by atoms with Crippen molar-refractivity contribution in [2.24, 2.45) is 5.73 Å². The highest BCUT2D eigenvalue weighted by atomic mass is 16.5. The van der Waals surface area contributed by atoms with Gasteiger partial charge < -0.3 is 20.2 Å². The van der Waals surface area contributed by atoms with Crippen molar-refractivity contribution in [1.29, 1.82) is 0 Å². The molecule has 0 radical (unpaired) electrons. The number of aromatic nitrogens is 1. The zero-order valence-corrected chi connectivity index (χ0v) is 11.4. The van der Waals surface area contributed by atoms with Crippen LogP contribution in [0.1, 0.15) is 35.8 Å². The Morgan fingerprint density at radius 3 is 2.95 bits per heavy atom. The van der Waals surface area contributed by atoms with Gasteiger partial charge in [0.25, 0.3) is 5.91 Å². The SMILES string of the molecule is CCC(N)c1nc(C(=O)Nc2ccccc2OC)co1. The Balaban J connectivity index is 2.14. The highest BCUT2D eigenvalue weighted by Gasteiger charge is 2.16. The van der Waals surface area contributed by atoms with Gasteiger partial charge in [0.05, 0.1) is 18.8 Å². The molecule has 1 aromatic carbocycles. The van der Waals surface area contributed by atoms with Crippen LogP contribution in [-0.4, -0.2) is 18.0 Å². The van der Waals surface area contributed by atoms with Gasteiger partial charge in [-0.15, -0.1) is 0 Å². The summed E-state index contributed by atoms with van der Waals surface area (Å²) >= 11 is 0. The second-order valence-electron chi connectivity index (χ2n) is 4.24. The third kappa shape index (κ3) is 2.97. The number of carbonyl (C=O) groups is 1. The predicted octanol–water partition coefficient (Wildman–Crippen LogP) is 2.35. The maximum Gasteiger partial charge on any atom is 0.277 e. The molecule has 0 saturated heterocycles. The Hall–Kier alpha value is -2.34. The molecule has 2 aromatic rings. The number of para-hydroxylation sites is 2. The molecule has 1 amide bonds. The topological polar surface area (TPSA) is 90.4 Å². The van der Waals surface area contributed by atoms with Crippen LogP contribution in [0, 0.1) is 0 Å². The Labute approximate surface area is 116 Å². The van der Waals surface area contributed by atoms with E-state index >= 15 is 0 Å². The number of hydrogen-bond donors (Lipinski definition) is 2. The van der Waals surface area contributed by atoms with Crippen molar-refractivity contribution in [1.82, 2.24) is 4.98 Å². The normalized spacial score (nSPS) is 11.9. The average Bonchev–Trinajstić information content (AvgIpc) is 2.97. The fourth-order valence-electron chi connectivity index (χ4n) is 1.67. The minimum absolute atomic E-state index is 0.190. The molecular formula is C14H17N3O3. The molecule has 6 heteroatoms. The van der Waals surface area contributed by atoms with E-state index in [1.807, 2.05) is 13.0 Å². The number of carbonyl (C=O) groups excluding carboxylic acids is 1. The lowest BCUT2D eigenvalue weighted by Gasteiger charge is -2.08. The van der Waals surface area contributed by atoms with E-state index in [1.54, 1.807) is 25.3 Å². The zero-order valence-electron chi connectivity index (χ0n) is 11.4. The van der Waals surface area contributed by atoms with Crippen LogP contribution in [0.2, 0.25) is 0 Å². The number of benzene rings is 1. The Bertz CT molecular complexity index is 595. The number of methoxy groups -OCH3 is 1. The van der Waals surface area contributed by atoms with Gasteiger partial charge in [0.15, 0.2) is 5.69 Å². The molecule has 0 spiro atoms. The lowest BCUT2D eigenvalue weighted by molar-refractivity contribution is 0.102. The minimum atomic E-state index is -0.368. The second-order valence-corrected chi connectivity index (χ2v) is 4.24. The molecule has 1 aromatic heterocycles. The molecule has 106 valence electrons.